The molecular weight excluding hydrogens is 208 g/mol. The zero-order valence-electron chi connectivity index (χ0n) is 11.8. The first-order valence-corrected chi connectivity index (χ1v) is 7.39. The van der Waals surface area contributed by atoms with Gasteiger partial charge >= 0.3 is 0 Å². The molecule has 0 bridgehead atoms. The Morgan fingerprint density at radius 1 is 1.29 bits per heavy atom. The van der Waals surface area contributed by atoms with E-state index < -0.39 is 0 Å². The van der Waals surface area contributed by atoms with Gasteiger partial charge in [-0.3, -0.25) is 4.90 Å². The second-order valence-electron chi connectivity index (χ2n) is 5.44. The molecular formula is C15H28N2. The molecule has 98 valence electrons. The van der Waals surface area contributed by atoms with Crippen LogP contribution in [0, 0.1) is 17.2 Å². The highest BCUT2D eigenvalue weighted by Crippen LogP contribution is 2.30. The minimum Gasteiger partial charge on any atom is -0.296 e. The lowest BCUT2D eigenvalue weighted by Crippen LogP contribution is -2.47. The second-order valence-corrected chi connectivity index (χ2v) is 5.44. The average Bonchev–Trinajstić information content (AvgIpc) is 2.39. The van der Waals surface area contributed by atoms with Gasteiger partial charge in [-0.1, -0.05) is 33.1 Å². The highest BCUT2D eigenvalue weighted by atomic mass is 15.2. The third-order valence-corrected chi connectivity index (χ3v) is 4.25. The lowest BCUT2D eigenvalue weighted by atomic mass is 9.83. The Bertz CT molecular complexity index is 244. The van der Waals surface area contributed by atoms with Gasteiger partial charge in [-0.15, -0.1) is 0 Å². The van der Waals surface area contributed by atoms with Crippen molar-refractivity contribution in [3.8, 4) is 6.07 Å². The van der Waals surface area contributed by atoms with Crippen LogP contribution in [0.25, 0.3) is 0 Å². The van der Waals surface area contributed by atoms with Gasteiger partial charge in [0.2, 0.25) is 0 Å². The molecule has 0 aromatic rings. The predicted octanol–water partition coefficient (Wildman–Crippen LogP) is 3.97. The van der Waals surface area contributed by atoms with Crippen LogP contribution in [-0.4, -0.2) is 23.5 Å². The molecule has 0 radical (unpaired) electrons. The number of rotatable bonds is 6. The maximum atomic E-state index is 9.31. The minimum atomic E-state index is 0.273. The fourth-order valence-electron chi connectivity index (χ4n) is 2.95. The van der Waals surface area contributed by atoms with Gasteiger partial charge in [0.05, 0.1) is 12.0 Å². The van der Waals surface area contributed by atoms with Crippen LogP contribution in [0.3, 0.4) is 0 Å². The molecule has 0 saturated heterocycles. The third kappa shape index (κ3) is 4.00. The summed E-state index contributed by atoms with van der Waals surface area (Å²) in [7, 11) is 0. The maximum absolute atomic E-state index is 9.31. The van der Waals surface area contributed by atoms with E-state index in [9.17, 15) is 5.26 Å². The van der Waals surface area contributed by atoms with Crippen LogP contribution < -0.4 is 0 Å². The van der Waals surface area contributed by atoms with Gasteiger partial charge < -0.3 is 0 Å². The number of nitriles is 1. The van der Waals surface area contributed by atoms with Crippen molar-refractivity contribution < 1.29 is 0 Å². The van der Waals surface area contributed by atoms with Crippen molar-refractivity contribution >= 4 is 0 Å². The molecule has 1 aliphatic carbocycles. The molecule has 1 rings (SSSR count). The fourth-order valence-corrected chi connectivity index (χ4v) is 2.95. The van der Waals surface area contributed by atoms with E-state index >= 15 is 0 Å². The predicted molar refractivity (Wildman–Crippen MR) is 72.7 cm³/mol. The Labute approximate surface area is 107 Å². The van der Waals surface area contributed by atoms with Crippen molar-refractivity contribution in [2.24, 2.45) is 5.92 Å². The summed E-state index contributed by atoms with van der Waals surface area (Å²) in [6.45, 7) is 8.00. The highest BCUT2D eigenvalue weighted by Gasteiger charge is 2.31. The zero-order chi connectivity index (χ0) is 12.7. The summed E-state index contributed by atoms with van der Waals surface area (Å²) in [5.41, 5.74) is 0. The van der Waals surface area contributed by atoms with Crippen molar-refractivity contribution in [1.82, 2.24) is 4.90 Å². The van der Waals surface area contributed by atoms with E-state index in [4.69, 9.17) is 0 Å². The topological polar surface area (TPSA) is 27.0 Å². The summed E-state index contributed by atoms with van der Waals surface area (Å²) >= 11 is 0. The Kier molecular flexibility index (Phi) is 6.58. The Hall–Kier alpha value is -0.550. The molecule has 0 spiro atoms. The van der Waals surface area contributed by atoms with Crippen LogP contribution >= 0.6 is 0 Å². The van der Waals surface area contributed by atoms with Gasteiger partial charge in [-0.05, 0) is 39.2 Å². The normalized spacial score (nSPS) is 26.8. The highest BCUT2D eigenvalue weighted by molar-refractivity contribution is 4.96. The molecule has 0 aromatic carbocycles. The standard InChI is InChI=1S/C15H28N2/c1-4-6-11-17(13(3)5-2)15-10-8-7-9-14(15)12-16/h13-15H,4-11H2,1-3H3. The second kappa shape index (κ2) is 7.71. The summed E-state index contributed by atoms with van der Waals surface area (Å²) < 4.78 is 0. The molecule has 0 N–H and O–H groups in total. The molecule has 1 saturated carbocycles. The van der Waals surface area contributed by atoms with Gasteiger partial charge in [-0.2, -0.15) is 5.26 Å². The van der Waals surface area contributed by atoms with E-state index in [0.29, 0.717) is 12.1 Å². The van der Waals surface area contributed by atoms with Crippen LogP contribution in [0.15, 0.2) is 0 Å². The Morgan fingerprint density at radius 2 is 2.00 bits per heavy atom. The fraction of sp³-hybridized carbons (Fsp3) is 0.933. The van der Waals surface area contributed by atoms with E-state index in [1.165, 1.54) is 45.1 Å². The third-order valence-electron chi connectivity index (χ3n) is 4.25. The summed E-state index contributed by atoms with van der Waals surface area (Å²) in [5.74, 6) is 0.273. The van der Waals surface area contributed by atoms with Crippen LogP contribution in [0.5, 0.6) is 0 Å². The summed E-state index contributed by atoms with van der Waals surface area (Å²) in [5, 5.41) is 9.31. The molecule has 0 aromatic heterocycles. The summed E-state index contributed by atoms with van der Waals surface area (Å²) in [4.78, 5) is 2.62. The first-order valence-electron chi connectivity index (χ1n) is 7.39. The van der Waals surface area contributed by atoms with Crippen LogP contribution in [0.1, 0.15) is 65.7 Å². The molecule has 3 atom stereocenters. The van der Waals surface area contributed by atoms with E-state index in [1.54, 1.807) is 0 Å². The van der Waals surface area contributed by atoms with Crippen molar-refractivity contribution in [3.63, 3.8) is 0 Å². The van der Waals surface area contributed by atoms with Crippen molar-refractivity contribution in [1.29, 1.82) is 5.26 Å². The zero-order valence-corrected chi connectivity index (χ0v) is 11.8. The number of hydrogen-bond acceptors (Lipinski definition) is 2. The molecule has 17 heavy (non-hydrogen) atoms. The first kappa shape index (κ1) is 14.5. The van der Waals surface area contributed by atoms with Gasteiger partial charge in [0, 0.05) is 12.1 Å². The van der Waals surface area contributed by atoms with E-state index in [1.807, 2.05) is 0 Å². The molecule has 0 aliphatic heterocycles. The monoisotopic (exact) mass is 236 g/mol. The van der Waals surface area contributed by atoms with E-state index in [2.05, 4.69) is 31.7 Å². The minimum absolute atomic E-state index is 0.273. The molecule has 1 fully saturated rings. The number of hydrogen-bond donors (Lipinski definition) is 0. The van der Waals surface area contributed by atoms with Crippen LogP contribution in [-0.2, 0) is 0 Å². The van der Waals surface area contributed by atoms with Gasteiger partial charge in [0.25, 0.3) is 0 Å². The largest absolute Gasteiger partial charge is 0.296 e. The Balaban J connectivity index is 2.68. The van der Waals surface area contributed by atoms with Crippen LogP contribution in [0.2, 0.25) is 0 Å². The lowest BCUT2D eigenvalue weighted by Gasteiger charge is -2.40. The maximum Gasteiger partial charge on any atom is 0.0672 e. The Morgan fingerprint density at radius 3 is 2.59 bits per heavy atom. The quantitative estimate of drug-likeness (QED) is 0.697. The average molecular weight is 236 g/mol. The van der Waals surface area contributed by atoms with Gasteiger partial charge in [-0.25, -0.2) is 0 Å². The van der Waals surface area contributed by atoms with Crippen LogP contribution in [0.4, 0.5) is 0 Å². The van der Waals surface area contributed by atoms with Crippen molar-refractivity contribution in [3.05, 3.63) is 0 Å². The molecule has 0 amide bonds. The van der Waals surface area contributed by atoms with Gasteiger partial charge in [0.1, 0.15) is 0 Å². The first-order chi connectivity index (χ1) is 8.24. The van der Waals surface area contributed by atoms with Gasteiger partial charge in [0.15, 0.2) is 0 Å². The lowest BCUT2D eigenvalue weighted by molar-refractivity contribution is 0.0845. The molecule has 2 nitrogen and oxygen atoms in total. The molecule has 2 heteroatoms. The molecule has 0 heterocycles. The number of nitrogens with zero attached hydrogens (tertiary/aromatic N) is 2. The number of unbranched alkanes of at least 4 members (excludes halogenated alkanes) is 1. The van der Waals surface area contributed by atoms with Crippen molar-refractivity contribution in [2.75, 3.05) is 6.54 Å². The smallest absolute Gasteiger partial charge is 0.0672 e. The van der Waals surface area contributed by atoms with E-state index in [-0.39, 0.29) is 5.92 Å². The summed E-state index contributed by atoms with van der Waals surface area (Å²) in [6.07, 6.45) is 8.60. The SMILES string of the molecule is CCCCN(C(C)CC)C1CCCCC1C#N. The molecule has 3 unspecified atom stereocenters. The molecule has 1 aliphatic rings. The van der Waals surface area contributed by atoms with Crippen molar-refractivity contribution in [2.45, 2.75) is 77.8 Å². The van der Waals surface area contributed by atoms with E-state index in [0.717, 1.165) is 6.42 Å². The summed E-state index contributed by atoms with van der Waals surface area (Å²) in [6, 6.07) is 3.70.